The van der Waals surface area contributed by atoms with Crippen molar-refractivity contribution in [1.82, 2.24) is 4.98 Å². The molecule has 30 heavy (non-hydrogen) atoms. The van der Waals surface area contributed by atoms with E-state index in [9.17, 15) is 22.4 Å². The Morgan fingerprint density at radius 2 is 1.97 bits per heavy atom. The topological polar surface area (TPSA) is 60.5 Å². The predicted octanol–water partition coefficient (Wildman–Crippen LogP) is 4.18. The Bertz CT molecular complexity index is 1010. The molecule has 6 atom stereocenters. The Hall–Kier alpha value is -2.68. The first kappa shape index (κ1) is 19.3. The number of aromatic nitrogens is 1. The number of halogens is 4. The molecule has 1 saturated carbocycles. The minimum absolute atomic E-state index is 0.0446. The minimum Gasteiger partial charge on any atom is -0.403 e. The highest BCUT2D eigenvalue weighted by molar-refractivity contribution is 5.94. The number of fused-ring (bicyclic) bond motifs is 5. The van der Waals surface area contributed by atoms with Crippen LogP contribution >= 0.6 is 0 Å². The molecule has 3 aliphatic rings. The average Bonchev–Trinajstić information content (AvgIpc) is 3.27. The van der Waals surface area contributed by atoms with Crippen LogP contribution in [0.25, 0.3) is 0 Å². The molecule has 1 N–H and O–H groups in total. The van der Waals surface area contributed by atoms with Crippen molar-refractivity contribution in [2.75, 3.05) is 5.32 Å². The van der Waals surface area contributed by atoms with Gasteiger partial charge in [-0.2, -0.15) is 0 Å². The lowest BCUT2D eigenvalue weighted by Gasteiger charge is -2.27. The van der Waals surface area contributed by atoms with Crippen LogP contribution in [0.15, 0.2) is 36.5 Å². The molecule has 5 nitrogen and oxygen atoms in total. The van der Waals surface area contributed by atoms with E-state index in [1.807, 2.05) is 19.1 Å². The van der Waals surface area contributed by atoms with Gasteiger partial charge >= 0.3 is 6.36 Å². The van der Waals surface area contributed by atoms with E-state index in [1.54, 1.807) is 6.20 Å². The number of carbonyl (C=O) groups excluding carboxylic acids is 1. The first-order valence-corrected chi connectivity index (χ1v) is 9.65. The van der Waals surface area contributed by atoms with Crippen LogP contribution in [0.2, 0.25) is 0 Å². The lowest BCUT2D eigenvalue weighted by Crippen LogP contribution is -2.37. The summed E-state index contributed by atoms with van der Waals surface area (Å²) >= 11 is 0. The summed E-state index contributed by atoms with van der Waals surface area (Å²) in [6.07, 6.45) is -2.53. The molecule has 9 heteroatoms. The number of pyridine rings is 1. The number of hydrogen-bond donors (Lipinski definition) is 1. The number of benzene rings is 1. The summed E-state index contributed by atoms with van der Waals surface area (Å²) < 4.78 is 60.7. The van der Waals surface area contributed by atoms with Gasteiger partial charge < -0.3 is 14.8 Å². The molecule has 3 heterocycles. The highest BCUT2D eigenvalue weighted by atomic mass is 19.4. The first-order valence-electron chi connectivity index (χ1n) is 9.65. The van der Waals surface area contributed by atoms with E-state index < -0.39 is 23.8 Å². The number of nitrogens with one attached hydrogen (secondary N) is 1. The molecule has 3 fully saturated rings. The summed E-state index contributed by atoms with van der Waals surface area (Å²) in [4.78, 5) is 17.3. The highest BCUT2D eigenvalue weighted by Gasteiger charge is 2.68. The average molecular weight is 422 g/mol. The molecule has 1 aromatic carbocycles. The molecule has 5 rings (SSSR count). The Balaban J connectivity index is 1.38. The van der Waals surface area contributed by atoms with Gasteiger partial charge in [-0.05, 0) is 55.0 Å². The number of rotatable bonds is 4. The van der Waals surface area contributed by atoms with Crippen molar-refractivity contribution in [2.45, 2.75) is 37.8 Å². The summed E-state index contributed by atoms with van der Waals surface area (Å²) in [6.45, 7) is 1.87. The third-order valence-corrected chi connectivity index (χ3v) is 6.18. The molecule has 2 bridgehead atoms. The first-order chi connectivity index (χ1) is 14.2. The smallest absolute Gasteiger partial charge is 0.403 e. The number of nitrogens with zero attached hydrogens (tertiary/aromatic N) is 1. The van der Waals surface area contributed by atoms with E-state index in [0.29, 0.717) is 11.8 Å². The Labute approximate surface area is 169 Å². The number of hydrogen-bond acceptors (Lipinski definition) is 4. The Morgan fingerprint density at radius 1 is 1.20 bits per heavy atom. The van der Waals surface area contributed by atoms with Crippen molar-refractivity contribution in [3.63, 3.8) is 0 Å². The SMILES string of the molecule is Cc1cc([C@H]2[C@H]3O[C@H]([C@@H]4C[C@@H]43)[C@@H]2C(=O)Nc2ccc(OC(F)(F)F)c(F)c2)ccn1. The summed E-state index contributed by atoms with van der Waals surface area (Å²) in [5.74, 6) is -2.30. The zero-order chi connectivity index (χ0) is 21.2. The van der Waals surface area contributed by atoms with E-state index in [4.69, 9.17) is 4.74 Å². The van der Waals surface area contributed by atoms with Crippen molar-refractivity contribution in [2.24, 2.45) is 17.8 Å². The number of anilines is 1. The number of carbonyl (C=O) groups is 1. The number of amides is 1. The standard InChI is InChI=1S/C21H18F4N2O3/c1-9-6-10(4-5-26-9)16-17(19-13-8-12(13)18(16)29-19)20(28)27-11-2-3-15(14(22)7-11)30-21(23,24)25/h2-7,12-13,16-19H,8H2,1H3,(H,27,28)/t12-,13+,16+,17+,18-,19+/m0/s1. The van der Waals surface area contributed by atoms with Crippen LogP contribution in [0.5, 0.6) is 5.75 Å². The van der Waals surface area contributed by atoms with Gasteiger partial charge in [0.2, 0.25) is 5.91 Å². The van der Waals surface area contributed by atoms with Crippen molar-refractivity contribution in [3.05, 3.63) is 53.6 Å². The lowest BCUT2D eigenvalue weighted by atomic mass is 9.75. The quantitative estimate of drug-likeness (QED) is 0.751. The maximum atomic E-state index is 14.0. The van der Waals surface area contributed by atoms with E-state index >= 15 is 0 Å². The minimum atomic E-state index is -5.00. The molecule has 1 aliphatic carbocycles. The van der Waals surface area contributed by atoms with Gasteiger partial charge in [-0.3, -0.25) is 9.78 Å². The van der Waals surface area contributed by atoms with Gasteiger partial charge in [0, 0.05) is 29.6 Å². The fourth-order valence-corrected chi connectivity index (χ4v) is 4.98. The van der Waals surface area contributed by atoms with Gasteiger partial charge in [0.05, 0.1) is 18.1 Å². The van der Waals surface area contributed by atoms with E-state index in [-0.39, 0.29) is 29.7 Å². The maximum Gasteiger partial charge on any atom is 0.573 e. The largest absolute Gasteiger partial charge is 0.573 e. The molecular weight excluding hydrogens is 404 g/mol. The van der Waals surface area contributed by atoms with Gasteiger partial charge in [0.15, 0.2) is 11.6 Å². The lowest BCUT2D eigenvalue weighted by molar-refractivity contribution is -0.275. The van der Waals surface area contributed by atoms with Crippen molar-refractivity contribution in [3.8, 4) is 5.75 Å². The molecule has 0 spiro atoms. The van der Waals surface area contributed by atoms with Gasteiger partial charge in [0.1, 0.15) is 0 Å². The summed E-state index contributed by atoms with van der Waals surface area (Å²) in [6, 6.07) is 6.66. The highest BCUT2D eigenvalue weighted by Crippen LogP contribution is 2.65. The van der Waals surface area contributed by atoms with Gasteiger partial charge in [-0.15, -0.1) is 13.2 Å². The fraction of sp³-hybridized carbons (Fsp3) is 0.429. The Morgan fingerprint density at radius 3 is 2.67 bits per heavy atom. The van der Waals surface area contributed by atoms with Crippen LogP contribution in [-0.2, 0) is 9.53 Å². The molecular formula is C21H18F4N2O3. The number of alkyl halides is 3. The van der Waals surface area contributed by atoms with Gasteiger partial charge in [-0.25, -0.2) is 4.39 Å². The van der Waals surface area contributed by atoms with Crippen LogP contribution < -0.4 is 10.1 Å². The zero-order valence-corrected chi connectivity index (χ0v) is 15.8. The van der Waals surface area contributed by atoms with Crippen molar-refractivity contribution >= 4 is 11.6 Å². The molecule has 1 aromatic heterocycles. The fourth-order valence-electron chi connectivity index (χ4n) is 4.98. The van der Waals surface area contributed by atoms with E-state index in [1.165, 1.54) is 6.07 Å². The van der Waals surface area contributed by atoms with Crippen LogP contribution in [0.3, 0.4) is 0 Å². The second-order valence-corrected chi connectivity index (χ2v) is 8.09. The molecule has 1 amide bonds. The molecule has 2 saturated heterocycles. The number of ether oxygens (including phenoxy) is 2. The maximum absolute atomic E-state index is 14.0. The second-order valence-electron chi connectivity index (χ2n) is 8.09. The molecule has 158 valence electrons. The van der Waals surface area contributed by atoms with Crippen LogP contribution in [-0.4, -0.2) is 29.5 Å². The molecule has 2 aliphatic heterocycles. The van der Waals surface area contributed by atoms with E-state index in [2.05, 4.69) is 15.0 Å². The second kappa shape index (κ2) is 6.66. The Kier molecular flexibility index (Phi) is 4.29. The normalized spacial score (nSPS) is 31.4. The predicted molar refractivity (Wildman–Crippen MR) is 97.2 cm³/mol. The monoisotopic (exact) mass is 422 g/mol. The number of aryl methyl sites for hydroxylation is 1. The van der Waals surface area contributed by atoms with Crippen LogP contribution in [0.4, 0.5) is 23.2 Å². The summed E-state index contributed by atoms with van der Waals surface area (Å²) in [5, 5.41) is 2.64. The van der Waals surface area contributed by atoms with Crippen LogP contribution in [0, 0.1) is 30.5 Å². The van der Waals surface area contributed by atoms with Gasteiger partial charge in [0.25, 0.3) is 0 Å². The third-order valence-electron chi connectivity index (χ3n) is 6.18. The molecule has 0 unspecified atom stereocenters. The van der Waals surface area contributed by atoms with E-state index in [0.717, 1.165) is 29.8 Å². The third kappa shape index (κ3) is 3.30. The molecule has 2 aromatic rings. The van der Waals surface area contributed by atoms with Crippen molar-refractivity contribution < 1.29 is 31.8 Å². The summed E-state index contributed by atoms with van der Waals surface area (Å²) in [7, 11) is 0. The molecule has 0 radical (unpaired) electrons. The van der Waals surface area contributed by atoms with Crippen LogP contribution in [0.1, 0.15) is 23.6 Å². The summed E-state index contributed by atoms with van der Waals surface area (Å²) in [5.41, 5.74) is 1.87. The van der Waals surface area contributed by atoms with Gasteiger partial charge in [-0.1, -0.05) is 0 Å². The van der Waals surface area contributed by atoms with Crippen molar-refractivity contribution in [1.29, 1.82) is 0 Å². The zero-order valence-electron chi connectivity index (χ0n) is 15.8.